The number of methoxy groups -OCH3 is 2. The van der Waals surface area contributed by atoms with Crippen LogP contribution in [0.3, 0.4) is 0 Å². The smallest absolute Gasteiger partial charge is 0.222 e. The van der Waals surface area contributed by atoms with Gasteiger partial charge in [-0.1, -0.05) is 0 Å². The molecule has 9 nitrogen and oxygen atoms in total. The molecule has 0 radical (unpaired) electrons. The van der Waals surface area contributed by atoms with E-state index in [4.69, 9.17) is 24.5 Å². The Kier molecular flexibility index (Phi) is 5.51. The van der Waals surface area contributed by atoms with Gasteiger partial charge in [0.2, 0.25) is 5.95 Å². The number of aromatic nitrogens is 4. The number of hydrogen-bond acceptors (Lipinski definition) is 9. The lowest BCUT2D eigenvalue weighted by atomic mass is 10.2. The van der Waals surface area contributed by atoms with Crippen molar-refractivity contribution in [3.8, 4) is 0 Å². The van der Waals surface area contributed by atoms with Crippen molar-refractivity contribution >= 4 is 29.2 Å². The Balaban J connectivity index is 1.92. The predicted octanol–water partition coefficient (Wildman–Crippen LogP) is 1.11. The van der Waals surface area contributed by atoms with Crippen LogP contribution in [0.4, 0.5) is 5.95 Å². The van der Waals surface area contributed by atoms with Crippen LogP contribution >= 0.6 is 12.0 Å². The van der Waals surface area contributed by atoms with E-state index in [1.165, 1.54) is 0 Å². The maximum absolute atomic E-state index is 8.95. The molecule has 3 N–H and O–H groups in total. The molecule has 3 heterocycles. The third-order valence-electron chi connectivity index (χ3n) is 4.07. The second kappa shape index (κ2) is 7.62. The highest BCUT2D eigenvalue weighted by Gasteiger charge is 2.37. The quantitative estimate of drug-likeness (QED) is 0.704. The average Bonchev–Trinajstić information content (AvgIpc) is 3.16. The molecule has 0 saturated carbocycles. The first kappa shape index (κ1) is 17.4. The number of nitrogens with two attached hydrogens (primary N) is 1. The summed E-state index contributed by atoms with van der Waals surface area (Å²) in [6.45, 7) is 0.456. The summed E-state index contributed by atoms with van der Waals surface area (Å²) >= 11 is 0.761. The van der Waals surface area contributed by atoms with Gasteiger partial charge in [0.15, 0.2) is 5.65 Å². The molecule has 1 fully saturated rings. The molecular weight excluding hydrogens is 334 g/mol. The number of hydrogen-bond donors (Lipinski definition) is 2. The summed E-state index contributed by atoms with van der Waals surface area (Å²) in [6, 6.07) is 0. The van der Waals surface area contributed by atoms with Crippen LogP contribution in [0.25, 0.3) is 11.2 Å². The number of nitrogens with zero attached hydrogens (tertiary/aromatic N) is 4. The minimum absolute atomic E-state index is 0.0585. The Bertz CT molecular complexity index is 697. The van der Waals surface area contributed by atoms with E-state index in [0.717, 1.165) is 12.0 Å². The van der Waals surface area contributed by atoms with E-state index in [1.807, 2.05) is 4.57 Å². The number of ether oxygens (including phenoxy) is 3. The second-order valence-electron chi connectivity index (χ2n) is 5.53. The number of fused-ring (bicyclic) bond motifs is 1. The molecule has 0 amide bonds. The lowest BCUT2D eigenvalue weighted by Gasteiger charge is -2.16. The summed E-state index contributed by atoms with van der Waals surface area (Å²) < 4.78 is 27.5. The average molecular weight is 355 g/mol. The molecule has 10 heteroatoms. The number of rotatable bonds is 7. The van der Waals surface area contributed by atoms with E-state index in [9.17, 15) is 0 Å². The molecule has 0 bridgehead atoms. The fraction of sp³-hybridized carbons (Fsp3) is 0.643. The van der Waals surface area contributed by atoms with Gasteiger partial charge in [-0.15, -0.1) is 0 Å². The summed E-state index contributed by atoms with van der Waals surface area (Å²) in [5.41, 5.74) is 7.84. The zero-order chi connectivity index (χ0) is 17.1. The monoisotopic (exact) mass is 355 g/mol. The maximum Gasteiger partial charge on any atom is 0.222 e. The van der Waals surface area contributed by atoms with Gasteiger partial charge < -0.3 is 24.5 Å². The van der Waals surface area contributed by atoms with Gasteiger partial charge in [0.1, 0.15) is 17.8 Å². The molecule has 1 saturated heterocycles. The standard InChI is InChI=1S/C14H21N5O4S/c1-21-6-10-9(22-2)5-11(23-10)19-7-16-12-8(3-4-24-20)17-14(15)18-13(12)19/h7,9-11,20H,3-6H2,1-2H3,(H2,15,17,18). The van der Waals surface area contributed by atoms with E-state index in [1.54, 1.807) is 20.5 Å². The third kappa shape index (κ3) is 3.33. The van der Waals surface area contributed by atoms with Gasteiger partial charge in [-0.05, 0) is 12.0 Å². The van der Waals surface area contributed by atoms with Gasteiger partial charge >= 0.3 is 0 Å². The second-order valence-corrected chi connectivity index (χ2v) is 6.20. The minimum Gasteiger partial charge on any atom is -0.382 e. The zero-order valence-corrected chi connectivity index (χ0v) is 14.4. The lowest BCUT2D eigenvalue weighted by Crippen LogP contribution is -2.27. The fourth-order valence-corrected chi connectivity index (χ4v) is 3.24. The van der Waals surface area contributed by atoms with Crippen LogP contribution in [0.2, 0.25) is 0 Å². The Hall–Kier alpha value is -1.46. The van der Waals surface area contributed by atoms with Gasteiger partial charge in [0, 0.05) is 32.8 Å². The predicted molar refractivity (Wildman–Crippen MR) is 89.7 cm³/mol. The molecule has 3 atom stereocenters. The molecule has 0 spiro atoms. The van der Waals surface area contributed by atoms with Crippen molar-refractivity contribution in [2.75, 3.05) is 32.3 Å². The highest BCUT2D eigenvalue weighted by Crippen LogP contribution is 2.33. The normalized spacial score (nSPS) is 24.0. The van der Waals surface area contributed by atoms with Crippen LogP contribution in [0.1, 0.15) is 18.3 Å². The molecule has 2 aromatic heterocycles. The molecule has 2 aromatic rings. The molecule has 132 valence electrons. The highest BCUT2D eigenvalue weighted by atomic mass is 32.2. The topological polar surface area (TPSA) is 118 Å². The minimum atomic E-state index is -0.255. The SMILES string of the molecule is COCC1OC(n2cnc3c(CCSO)nc(N)nc32)CC1OC. The van der Waals surface area contributed by atoms with Gasteiger partial charge in [-0.25, -0.2) is 9.97 Å². The first-order valence-electron chi connectivity index (χ1n) is 7.60. The number of anilines is 1. The van der Waals surface area contributed by atoms with Crippen molar-refractivity contribution < 1.29 is 18.8 Å². The fourth-order valence-electron chi connectivity index (χ4n) is 2.95. The molecular formula is C14H21N5O4S. The zero-order valence-electron chi connectivity index (χ0n) is 13.6. The summed E-state index contributed by atoms with van der Waals surface area (Å²) in [4.78, 5) is 13.0. The van der Waals surface area contributed by atoms with Crippen LogP contribution < -0.4 is 5.73 Å². The first-order valence-corrected chi connectivity index (χ1v) is 8.54. The molecule has 0 aromatic carbocycles. The van der Waals surface area contributed by atoms with Crippen LogP contribution in [0.15, 0.2) is 6.33 Å². The largest absolute Gasteiger partial charge is 0.382 e. The van der Waals surface area contributed by atoms with Gasteiger partial charge in [-0.2, -0.15) is 4.98 Å². The van der Waals surface area contributed by atoms with Crippen molar-refractivity contribution in [3.05, 3.63) is 12.0 Å². The van der Waals surface area contributed by atoms with E-state index >= 15 is 0 Å². The van der Waals surface area contributed by atoms with Crippen molar-refractivity contribution in [1.29, 1.82) is 0 Å². The summed E-state index contributed by atoms with van der Waals surface area (Å²) in [5.74, 6) is 0.692. The van der Waals surface area contributed by atoms with E-state index < -0.39 is 0 Å². The van der Waals surface area contributed by atoms with Gasteiger partial charge in [0.05, 0.1) is 24.7 Å². The summed E-state index contributed by atoms with van der Waals surface area (Å²) in [6.07, 6.45) is 2.45. The Morgan fingerprint density at radius 3 is 3.00 bits per heavy atom. The van der Waals surface area contributed by atoms with Crippen LogP contribution in [-0.4, -0.2) is 62.9 Å². The van der Waals surface area contributed by atoms with E-state index in [0.29, 0.717) is 42.1 Å². The van der Waals surface area contributed by atoms with Gasteiger partial charge in [0.25, 0.3) is 0 Å². The molecule has 3 unspecified atom stereocenters. The Labute approximate surface area is 143 Å². The van der Waals surface area contributed by atoms with Crippen molar-refractivity contribution in [2.24, 2.45) is 0 Å². The van der Waals surface area contributed by atoms with Crippen molar-refractivity contribution in [1.82, 2.24) is 19.5 Å². The summed E-state index contributed by atoms with van der Waals surface area (Å²) in [7, 11) is 3.30. The molecule has 0 aliphatic carbocycles. The maximum atomic E-state index is 8.95. The Morgan fingerprint density at radius 1 is 1.46 bits per heavy atom. The molecule has 3 rings (SSSR count). The first-order chi connectivity index (χ1) is 11.7. The highest BCUT2D eigenvalue weighted by molar-refractivity contribution is 7.93. The lowest BCUT2D eigenvalue weighted by molar-refractivity contribution is -0.0597. The third-order valence-corrected chi connectivity index (χ3v) is 4.45. The number of imidazole rings is 1. The molecule has 24 heavy (non-hydrogen) atoms. The van der Waals surface area contributed by atoms with E-state index in [-0.39, 0.29) is 24.4 Å². The number of nitrogen functional groups attached to an aromatic ring is 1. The Morgan fingerprint density at radius 2 is 2.29 bits per heavy atom. The van der Waals surface area contributed by atoms with Gasteiger partial charge in [-0.3, -0.25) is 4.57 Å². The van der Waals surface area contributed by atoms with Crippen LogP contribution in [-0.2, 0) is 20.6 Å². The van der Waals surface area contributed by atoms with E-state index in [2.05, 4.69) is 15.0 Å². The molecule has 1 aliphatic heterocycles. The number of aryl methyl sites for hydroxylation is 1. The van der Waals surface area contributed by atoms with Crippen molar-refractivity contribution in [2.45, 2.75) is 31.3 Å². The summed E-state index contributed by atoms with van der Waals surface area (Å²) in [5, 5.41) is 0. The van der Waals surface area contributed by atoms with Crippen LogP contribution in [0.5, 0.6) is 0 Å². The molecule has 1 aliphatic rings. The van der Waals surface area contributed by atoms with Crippen molar-refractivity contribution in [3.63, 3.8) is 0 Å². The van der Waals surface area contributed by atoms with Crippen LogP contribution in [0, 0.1) is 0 Å².